The predicted octanol–water partition coefficient (Wildman–Crippen LogP) is 3.00. The van der Waals surface area contributed by atoms with Crippen molar-refractivity contribution in [3.05, 3.63) is 41.0 Å². The number of carbonyl (C=O) groups is 2. The van der Waals surface area contributed by atoms with Crippen LogP contribution in [0.1, 0.15) is 42.1 Å². The maximum absolute atomic E-state index is 11.8. The Bertz CT molecular complexity index is 500. The predicted molar refractivity (Wildman–Crippen MR) is 69.2 cm³/mol. The monoisotopic (exact) mass is 244 g/mol. The van der Waals surface area contributed by atoms with Crippen LogP contribution in [-0.2, 0) is 9.53 Å². The first-order valence-electron chi connectivity index (χ1n) is 6.21. The number of hydrogen-bond donors (Lipinski definition) is 0. The molecule has 1 aromatic rings. The van der Waals surface area contributed by atoms with Gasteiger partial charge in [0.2, 0.25) is 0 Å². The van der Waals surface area contributed by atoms with Crippen molar-refractivity contribution >= 4 is 17.8 Å². The van der Waals surface area contributed by atoms with Gasteiger partial charge in [-0.1, -0.05) is 37.6 Å². The van der Waals surface area contributed by atoms with Crippen LogP contribution in [0.3, 0.4) is 0 Å². The third-order valence-corrected chi connectivity index (χ3v) is 3.12. The van der Waals surface area contributed by atoms with Gasteiger partial charge < -0.3 is 4.74 Å². The number of ether oxygens (including phenoxy) is 1. The van der Waals surface area contributed by atoms with Gasteiger partial charge in [0.05, 0.1) is 5.57 Å². The summed E-state index contributed by atoms with van der Waals surface area (Å²) in [6, 6.07) is 7.15. The smallest absolute Gasteiger partial charge is 0.339 e. The van der Waals surface area contributed by atoms with Crippen molar-refractivity contribution in [2.24, 2.45) is 0 Å². The van der Waals surface area contributed by atoms with Gasteiger partial charge in [0, 0.05) is 5.56 Å². The molecule has 1 aromatic carbocycles. The van der Waals surface area contributed by atoms with Crippen molar-refractivity contribution < 1.29 is 14.3 Å². The SMILES string of the molecule is CCCCC1=C(c2ccccc2C=O)C(=O)OC1. The number of benzene rings is 1. The highest BCUT2D eigenvalue weighted by Crippen LogP contribution is 2.30. The fourth-order valence-corrected chi connectivity index (χ4v) is 2.16. The van der Waals surface area contributed by atoms with E-state index in [1.165, 1.54) is 0 Å². The molecule has 0 unspecified atom stereocenters. The first-order valence-corrected chi connectivity index (χ1v) is 6.21. The summed E-state index contributed by atoms with van der Waals surface area (Å²) >= 11 is 0. The summed E-state index contributed by atoms with van der Waals surface area (Å²) in [6.07, 6.45) is 3.73. The minimum Gasteiger partial charge on any atom is -0.458 e. The lowest BCUT2D eigenvalue weighted by Gasteiger charge is -2.05. The highest BCUT2D eigenvalue weighted by Gasteiger charge is 2.26. The molecule has 0 atom stereocenters. The van der Waals surface area contributed by atoms with Gasteiger partial charge in [0.15, 0.2) is 6.29 Å². The van der Waals surface area contributed by atoms with Gasteiger partial charge in [-0.05, 0) is 24.0 Å². The number of aldehydes is 1. The van der Waals surface area contributed by atoms with E-state index in [1.807, 2.05) is 6.07 Å². The minimum atomic E-state index is -0.310. The minimum absolute atomic E-state index is 0.310. The Morgan fingerprint density at radius 3 is 2.83 bits per heavy atom. The number of carbonyl (C=O) groups excluding carboxylic acids is 2. The van der Waals surface area contributed by atoms with Gasteiger partial charge >= 0.3 is 5.97 Å². The van der Waals surface area contributed by atoms with Crippen LogP contribution in [0, 0.1) is 0 Å². The Labute approximate surface area is 106 Å². The Hall–Kier alpha value is -1.90. The first-order chi connectivity index (χ1) is 8.77. The second-order valence-electron chi connectivity index (χ2n) is 4.36. The molecule has 1 aliphatic rings. The second-order valence-corrected chi connectivity index (χ2v) is 4.36. The molecule has 0 aromatic heterocycles. The number of unbranched alkanes of at least 4 members (excludes halogenated alkanes) is 1. The molecular weight excluding hydrogens is 228 g/mol. The van der Waals surface area contributed by atoms with Crippen molar-refractivity contribution in [3.63, 3.8) is 0 Å². The summed E-state index contributed by atoms with van der Waals surface area (Å²) in [5.41, 5.74) is 2.84. The van der Waals surface area contributed by atoms with E-state index >= 15 is 0 Å². The maximum atomic E-state index is 11.8. The summed E-state index contributed by atoms with van der Waals surface area (Å²) in [5, 5.41) is 0. The van der Waals surface area contributed by atoms with E-state index in [1.54, 1.807) is 18.2 Å². The van der Waals surface area contributed by atoms with Crippen LogP contribution in [0.4, 0.5) is 0 Å². The summed E-state index contributed by atoms with van der Waals surface area (Å²) in [5.74, 6) is -0.310. The second kappa shape index (κ2) is 5.63. The molecule has 0 amide bonds. The lowest BCUT2D eigenvalue weighted by Crippen LogP contribution is -2.01. The number of cyclic esters (lactones) is 1. The van der Waals surface area contributed by atoms with Gasteiger partial charge in [-0.15, -0.1) is 0 Å². The summed E-state index contributed by atoms with van der Waals surface area (Å²) in [4.78, 5) is 22.9. The Morgan fingerprint density at radius 1 is 1.33 bits per heavy atom. The molecule has 3 heteroatoms. The van der Waals surface area contributed by atoms with Gasteiger partial charge in [0.1, 0.15) is 6.61 Å². The van der Waals surface area contributed by atoms with E-state index in [-0.39, 0.29) is 5.97 Å². The molecule has 0 aliphatic carbocycles. The van der Waals surface area contributed by atoms with Crippen LogP contribution in [0.25, 0.3) is 5.57 Å². The van der Waals surface area contributed by atoms with Crippen LogP contribution in [0.15, 0.2) is 29.8 Å². The number of rotatable bonds is 5. The van der Waals surface area contributed by atoms with E-state index in [2.05, 4.69) is 6.92 Å². The molecule has 1 aliphatic heterocycles. The molecule has 0 saturated heterocycles. The van der Waals surface area contributed by atoms with E-state index in [4.69, 9.17) is 4.74 Å². The van der Waals surface area contributed by atoms with Crippen molar-refractivity contribution in [1.82, 2.24) is 0 Å². The Balaban J connectivity index is 2.44. The zero-order chi connectivity index (χ0) is 13.0. The van der Waals surface area contributed by atoms with Crippen LogP contribution in [0.2, 0.25) is 0 Å². The van der Waals surface area contributed by atoms with Gasteiger partial charge in [-0.2, -0.15) is 0 Å². The van der Waals surface area contributed by atoms with Crippen LogP contribution in [-0.4, -0.2) is 18.9 Å². The molecule has 0 fully saturated rings. The fourth-order valence-electron chi connectivity index (χ4n) is 2.16. The third-order valence-electron chi connectivity index (χ3n) is 3.12. The van der Waals surface area contributed by atoms with E-state index in [0.29, 0.717) is 23.3 Å². The maximum Gasteiger partial charge on any atom is 0.339 e. The quantitative estimate of drug-likeness (QED) is 0.590. The summed E-state index contributed by atoms with van der Waals surface area (Å²) in [7, 11) is 0. The van der Waals surface area contributed by atoms with E-state index in [0.717, 1.165) is 31.1 Å². The molecule has 3 nitrogen and oxygen atoms in total. The third kappa shape index (κ3) is 2.35. The summed E-state index contributed by atoms with van der Waals surface area (Å²) in [6.45, 7) is 2.47. The van der Waals surface area contributed by atoms with Crippen LogP contribution < -0.4 is 0 Å². The average Bonchev–Trinajstić information content (AvgIpc) is 2.77. The zero-order valence-corrected chi connectivity index (χ0v) is 10.4. The van der Waals surface area contributed by atoms with Gasteiger partial charge in [-0.3, -0.25) is 4.79 Å². The standard InChI is InChI=1S/C15H16O3/c1-2-3-6-12-10-18-15(17)14(12)13-8-5-4-7-11(13)9-16/h4-5,7-9H,2-3,6,10H2,1H3. The van der Waals surface area contributed by atoms with E-state index < -0.39 is 0 Å². The topological polar surface area (TPSA) is 43.4 Å². The molecule has 18 heavy (non-hydrogen) atoms. The lowest BCUT2D eigenvalue weighted by molar-refractivity contribution is -0.134. The van der Waals surface area contributed by atoms with Crippen molar-refractivity contribution in [2.75, 3.05) is 6.61 Å². The number of hydrogen-bond acceptors (Lipinski definition) is 3. The van der Waals surface area contributed by atoms with Crippen LogP contribution >= 0.6 is 0 Å². The van der Waals surface area contributed by atoms with Crippen molar-refractivity contribution in [2.45, 2.75) is 26.2 Å². The normalized spacial score (nSPS) is 14.8. The molecule has 1 heterocycles. The van der Waals surface area contributed by atoms with Gasteiger partial charge in [-0.25, -0.2) is 4.79 Å². The van der Waals surface area contributed by atoms with E-state index in [9.17, 15) is 9.59 Å². The Kier molecular flexibility index (Phi) is 3.92. The average molecular weight is 244 g/mol. The Morgan fingerprint density at radius 2 is 2.11 bits per heavy atom. The van der Waals surface area contributed by atoms with Gasteiger partial charge in [0.25, 0.3) is 0 Å². The number of esters is 1. The molecule has 94 valence electrons. The fraction of sp³-hybridized carbons (Fsp3) is 0.333. The van der Waals surface area contributed by atoms with Crippen molar-refractivity contribution in [1.29, 1.82) is 0 Å². The highest BCUT2D eigenvalue weighted by molar-refractivity contribution is 6.20. The van der Waals surface area contributed by atoms with Crippen LogP contribution in [0.5, 0.6) is 0 Å². The molecule has 0 N–H and O–H groups in total. The molecular formula is C15H16O3. The van der Waals surface area contributed by atoms with Crippen molar-refractivity contribution in [3.8, 4) is 0 Å². The lowest BCUT2D eigenvalue weighted by atomic mass is 9.95. The molecule has 2 rings (SSSR count). The molecule has 0 saturated carbocycles. The zero-order valence-electron chi connectivity index (χ0n) is 10.4. The first kappa shape index (κ1) is 12.6. The largest absolute Gasteiger partial charge is 0.458 e. The molecule has 0 bridgehead atoms. The highest BCUT2D eigenvalue weighted by atomic mass is 16.5. The molecule has 0 radical (unpaired) electrons. The summed E-state index contributed by atoms with van der Waals surface area (Å²) < 4.78 is 5.10. The molecule has 0 spiro atoms.